The van der Waals surface area contributed by atoms with Crippen molar-refractivity contribution in [2.24, 2.45) is 0 Å². The van der Waals surface area contributed by atoms with E-state index in [0.717, 1.165) is 0 Å². The Kier molecular flexibility index (Phi) is 4.64. The molecule has 0 saturated carbocycles. The molecule has 7 heteroatoms. The summed E-state index contributed by atoms with van der Waals surface area (Å²) in [7, 11) is 1.30. The summed E-state index contributed by atoms with van der Waals surface area (Å²) in [5.74, 6) is -0.963. The van der Waals surface area contributed by atoms with Gasteiger partial charge in [0, 0.05) is 13.1 Å². The number of esters is 1. The predicted molar refractivity (Wildman–Crippen MR) is 85.5 cm³/mol. The molecule has 2 saturated heterocycles. The van der Waals surface area contributed by atoms with Gasteiger partial charge < -0.3 is 9.84 Å². The Hall–Kier alpha value is -2.25. The van der Waals surface area contributed by atoms with E-state index in [1.165, 1.54) is 24.1 Å². The molecule has 2 heterocycles. The Labute approximate surface area is 139 Å². The third-order valence-corrected chi connectivity index (χ3v) is 4.61. The molecule has 7 nitrogen and oxygen atoms in total. The maximum Gasteiger partial charge on any atom is 0.337 e. The highest BCUT2D eigenvalue weighted by atomic mass is 16.5. The van der Waals surface area contributed by atoms with Crippen LogP contribution in [0.2, 0.25) is 0 Å². The summed E-state index contributed by atoms with van der Waals surface area (Å²) >= 11 is 0. The second-order valence-corrected chi connectivity index (χ2v) is 6.09. The van der Waals surface area contributed by atoms with Gasteiger partial charge in [0.05, 0.1) is 36.9 Å². The van der Waals surface area contributed by atoms with Crippen LogP contribution in [0.15, 0.2) is 24.3 Å². The lowest BCUT2D eigenvalue weighted by Crippen LogP contribution is -2.46. The van der Waals surface area contributed by atoms with Gasteiger partial charge >= 0.3 is 5.97 Å². The molecule has 3 rings (SSSR count). The van der Waals surface area contributed by atoms with Gasteiger partial charge in [-0.15, -0.1) is 0 Å². The predicted octanol–water partition coefficient (Wildman–Crippen LogP) is 0.562. The number of rotatable bonds is 3. The van der Waals surface area contributed by atoms with Crippen molar-refractivity contribution in [1.29, 1.82) is 0 Å². The van der Waals surface area contributed by atoms with Gasteiger partial charge in [0.1, 0.15) is 0 Å². The lowest BCUT2D eigenvalue weighted by molar-refractivity contribution is -0.123. The molecule has 1 atom stereocenters. The highest BCUT2D eigenvalue weighted by Gasteiger charge is 2.43. The fourth-order valence-electron chi connectivity index (χ4n) is 3.23. The molecule has 1 aromatic carbocycles. The molecular weight excluding hydrogens is 312 g/mol. The van der Waals surface area contributed by atoms with Crippen LogP contribution in [-0.2, 0) is 14.3 Å². The second-order valence-electron chi connectivity index (χ2n) is 6.09. The molecule has 1 N–H and O–H groups in total. The fourth-order valence-corrected chi connectivity index (χ4v) is 3.23. The van der Waals surface area contributed by atoms with Crippen molar-refractivity contribution in [3.8, 4) is 0 Å². The van der Waals surface area contributed by atoms with Gasteiger partial charge in [-0.3, -0.25) is 14.5 Å². The number of piperidine rings is 1. The molecular formula is C17H20N2O5. The van der Waals surface area contributed by atoms with Crippen LogP contribution < -0.4 is 4.90 Å². The number of likely N-dealkylation sites (tertiary alicyclic amines) is 1. The summed E-state index contributed by atoms with van der Waals surface area (Å²) in [6, 6.07) is 5.75. The van der Waals surface area contributed by atoms with E-state index in [0.29, 0.717) is 37.2 Å². The van der Waals surface area contributed by atoms with Crippen molar-refractivity contribution in [2.75, 3.05) is 25.1 Å². The molecule has 0 unspecified atom stereocenters. The molecule has 0 bridgehead atoms. The number of anilines is 1. The van der Waals surface area contributed by atoms with Gasteiger partial charge in [-0.2, -0.15) is 0 Å². The van der Waals surface area contributed by atoms with Crippen LogP contribution in [0, 0.1) is 0 Å². The summed E-state index contributed by atoms with van der Waals surface area (Å²) < 4.78 is 4.64. The van der Waals surface area contributed by atoms with Crippen LogP contribution in [0.5, 0.6) is 0 Å². The number of ether oxygens (including phenoxy) is 1. The highest BCUT2D eigenvalue weighted by molar-refractivity contribution is 6.22. The van der Waals surface area contributed by atoms with Gasteiger partial charge in [0.2, 0.25) is 5.91 Å². The average Bonchev–Trinajstić information content (AvgIpc) is 2.89. The number of benzene rings is 1. The molecule has 0 aromatic heterocycles. The quantitative estimate of drug-likeness (QED) is 0.643. The number of amides is 2. The Morgan fingerprint density at radius 1 is 1.17 bits per heavy atom. The van der Waals surface area contributed by atoms with E-state index >= 15 is 0 Å². The van der Waals surface area contributed by atoms with E-state index in [-0.39, 0.29) is 24.3 Å². The first-order valence-electron chi connectivity index (χ1n) is 7.98. The topological polar surface area (TPSA) is 87.2 Å². The maximum absolute atomic E-state index is 12.7. The minimum Gasteiger partial charge on any atom is -0.465 e. The normalized spacial score (nSPS) is 22.9. The summed E-state index contributed by atoms with van der Waals surface area (Å²) in [4.78, 5) is 39.6. The number of imide groups is 1. The summed E-state index contributed by atoms with van der Waals surface area (Å²) in [6.07, 6.45) is 1.06. The van der Waals surface area contributed by atoms with E-state index in [1.807, 2.05) is 4.90 Å². The largest absolute Gasteiger partial charge is 0.465 e. The lowest BCUT2D eigenvalue weighted by Gasteiger charge is -2.32. The Balaban J connectivity index is 1.75. The molecule has 0 aliphatic carbocycles. The van der Waals surface area contributed by atoms with Crippen LogP contribution in [-0.4, -0.2) is 60.1 Å². The summed E-state index contributed by atoms with van der Waals surface area (Å²) in [5, 5.41) is 9.58. The number of carbonyl (C=O) groups is 3. The second kappa shape index (κ2) is 6.70. The first kappa shape index (κ1) is 16.6. The first-order chi connectivity index (χ1) is 11.5. The van der Waals surface area contributed by atoms with Crippen molar-refractivity contribution in [2.45, 2.75) is 31.4 Å². The summed E-state index contributed by atoms with van der Waals surface area (Å²) in [5.41, 5.74) is 0.819. The Bertz CT molecular complexity index is 649. The minimum atomic E-state index is -0.467. The molecule has 24 heavy (non-hydrogen) atoms. The van der Waals surface area contributed by atoms with E-state index in [4.69, 9.17) is 0 Å². The molecule has 2 aliphatic rings. The Morgan fingerprint density at radius 2 is 1.79 bits per heavy atom. The number of methoxy groups -OCH3 is 1. The van der Waals surface area contributed by atoms with Crippen LogP contribution in [0.4, 0.5) is 5.69 Å². The monoisotopic (exact) mass is 332 g/mol. The van der Waals surface area contributed by atoms with Gasteiger partial charge in [-0.1, -0.05) is 0 Å². The number of nitrogens with zero attached hydrogens (tertiary/aromatic N) is 2. The van der Waals surface area contributed by atoms with Gasteiger partial charge in [-0.25, -0.2) is 9.69 Å². The SMILES string of the molecule is COC(=O)c1ccc(N2C(=O)C[C@@H](N3CCC(O)CC3)C2=O)cc1. The average molecular weight is 332 g/mol. The van der Waals surface area contributed by atoms with Crippen LogP contribution in [0.3, 0.4) is 0 Å². The van der Waals surface area contributed by atoms with E-state index in [1.54, 1.807) is 12.1 Å². The third kappa shape index (κ3) is 3.05. The molecule has 0 radical (unpaired) electrons. The summed E-state index contributed by atoms with van der Waals surface area (Å²) in [6.45, 7) is 1.22. The van der Waals surface area contributed by atoms with E-state index in [2.05, 4.69) is 4.74 Å². The third-order valence-electron chi connectivity index (χ3n) is 4.61. The van der Waals surface area contributed by atoms with Crippen LogP contribution in [0.25, 0.3) is 0 Å². The lowest BCUT2D eigenvalue weighted by atomic mass is 10.1. The Morgan fingerprint density at radius 3 is 2.38 bits per heavy atom. The minimum absolute atomic E-state index is 0.147. The van der Waals surface area contributed by atoms with Crippen molar-refractivity contribution in [3.63, 3.8) is 0 Å². The van der Waals surface area contributed by atoms with Crippen LogP contribution >= 0.6 is 0 Å². The zero-order valence-electron chi connectivity index (χ0n) is 13.5. The molecule has 2 amide bonds. The zero-order chi connectivity index (χ0) is 17.3. The molecule has 0 spiro atoms. The molecule has 2 aliphatic heterocycles. The number of carbonyl (C=O) groups excluding carboxylic acids is 3. The first-order valence-corrected chi connectivity index (χ1v) is 7.98. The molecule has 1 aromatic rings. The van der Waals surface area contributed by atoms with Crippen LogP contribution in [0.1, 0.15) is 29.6 Å². The molecule has 128 valence electrons. The van der Waals surface area contributed by atoms with Gasteiger partial charge in [0.25, 0.3) is 5.91 Å². The van der Waals surface area contributed by atoms with Gasteiger partial charge in [-0.05, 0) is 37.1 Å². The van der Waals surface area contributed by atoms with E-state index < -0.39 is 12.0 Å². The van der Waals surface area contributed by atoms with Crippen molar-refractivity contribution in [1.82, 2.24) is 4.90 Å². The number of hydrogen-bond donors (Lipinski definition) is 1. The smallest absolute Gasteiger partial charge is 0.337 e. The number of aliphatic hydroxyl groups is 1. The highest BCUT2D eigenvalue weighted by Crippen LogP contribution is 2.27. The zero-order valence-corrected chi connectivity index (χ0v) is 13.5. The van der Waals surface area contributed by atoms with E-state index in [9.17, 15) is 19.5 Å². The number of hydrogen-bond acceptors (Lipinski definition) is 6. The molecule has 2 fully saturated rings. The maximum atomic E-state index is 12.7. The number of aliphatic hydroxyl groups excluding tert-OH is 1. The standard InChI is InChI=1S/C17H20N2O5/c1-24-17(23)11-2-4-12(5-3-11)19-15(21)10-14(16(19)22)18-8-6-13(20)7-9-18/h2-5,13-14,20H,6-10H2,1H3/t14-/m1/s1. The van der Waals surface area contributed by atoms with Crippen molar-refractivity contribution >= 4 is 23.5 Å². The van der Waals surface area contributed by atoms with Crippen molar-refractivity contribution < 1.29 is 24.2 Å². The van der Waals surface area contributed by atoms with Gasteiger partial charge in [0.15, 0.2) is 0 Å². The fraction of sp³-hybridized carbons (Fsp3) is 0.471. The van der Waals surface area contributed by atoms with Crippen molar-refractivity contribution in [3.05, 3.63) is 29.8 Å².